The molecule has 120 valence electrons. The molecule has 0 saturated heterocycles. The summed E-state index contributed by atoms with van der Waals surface area (Å²) in [7, 11) is 0. The van der Waals surface area contributed by atoms with Crippen LogP contribution in [-0.4, -0.2) is 23.5 Å². The molecule has 0 atom stereocenters. The van der Waals surface area contributed by atoms with Crippen LogP contribution in [0.2, 0.25) is 0 Å². The number of aliphatic hydroxyl groups excluding tert-OH is 1. The number of rotatable bonds is 5. The van der Waals surface area contributed by atoms with Crippen LogP contribution in [0.3, 0.4) is 0 Å². The van der Waals surface area contributed by atoms with E-state index < -0.39 is 0 Å². The molecule has 0 aromatic heterocycles. The van der Waals surface area contributed by atoms with Gasteiger partial charge in [-0.1, -0.05) is 18.2 Å². The van der Waals surface area contributed by atoms with Crippen LogP contribution in [0, 0.1) is 6.92 Å². The lowest BCUT2D eigenvalue weighted by atomic mass is 10.1. The third-order valence-electron chi connectivity index (χ3n) is 3.42. The molecule has 0 radical (unpaired) electrons. The average Bonchev–Trinajstić information content (AvgIpc) is 2.51. The van der Waals surface area contributed by atoms with Crippen molar-refractivity contribution in [3.8, 4) is 0 Å². The lowest BCUT2D eigenvalue weighted by molar-refractivity contribution is -0.114. The van der Waals surface area contributed by atoms with Crippen LogP contribution in [0.4, 0.5) is 11.4 Å². The molecule has 0 heterocycles. The average molecular weight is 312 g/mol. The van der Waals surface area contributed by atoms with Crippen molar-refractivity contribution >= 4 is 23.2 Å². The third-order valence-corrected chi connectivity index (χ3v) is 3.42. The van der Waals surface area contributed by atoms with E-state index in [0.717, 1.165) is 11.1 Å². The molecule has 2 aromatic rings. The first-order valence-electron chi connectivity index (χ1n) is 7.39. The summed E-state index contributed by atoms with van der Waals surface area (Å²) in [5.41, 5.74) is 3.68. The molecule has 2 rings (SSSR count). The fourth-order valence-corrected chi connectivity index (χ4v) is 2.17. The zero-order valence-corrected chi connectivity index (χ0v) is 13.2. The Balaban J connectivity index is 2.12. The highest BCUT2D eigenvalue weighted by Gasteiger charge is 2.09. The monoisotopic (exact) mass is 312 g/mol. The molecule has 0 aliphatic carbocycles. The highest BCUT2D eigenvalue weighted by atomic mass is 16.3. The fourth-order valence-electron chi connectivity index (χ4n) is 2.17. The Morgan fingerprint density at radius 3 is 2.35 bits per heavy atom. The summed E-state index contributed by atoms with van der Waals surface area (Å²) in [6.45, 7) is 3.40. The maximum absolute atomic E-state index is 12.3. The molecule has 0 fully saturated rings. The Kier molecular flexibility index (Phi) is 5.49. The van der Waals surface area contributed by atoms with E-state index in [0.29, 0.717) is 23.4 Å². The topological polar surface area (TPSA) is 78.4 Å². The molecule has 5 nitrogen and oxygen atoms in total. The van der Waals surface area contributed by atoms with E-state index in [1.807, 2.05) is 19.1 Å². The Bertz CT molecular complexity index is 709. The van der Waals surface area contributed by atoms with E-state index in [9.17, 15) is 9.59 Å². The SMILES string of the molecule is CC(=O)Nc1cc(C(=O)Nc2ccc(CCO)cc2)ccc1C. The molecule has 5 heteroatoms. The van der Waals surface area contributed by atoms with Crippen molar-refractivity contribution in [2.75, 3.05) is 17.2 Å². The molecule has 23 heavy (non-hydrogen) atoms. The van der Waals surface area contributed by atoms with Gasteiger partial charge in [0, 0.05) is 30.5 Å². The Morgan fingerprint density at radius 1 is 1.04 bits per heavy atom. The van der Waals surface area contributed by atoms with E-state index in [-0.39, 0.29) is 18.4 Å². The van der Waals surface area contributed by atoms with Crippen LogP contribution in [-0.2, 0) is 11.2 Å². The van der Waals surface area contributed by atoms with E-state index in [1.54, 1.807) is 30.3 Å². The minimum absolute atomic E-state index is 0.0982. The fraction of sp³-hybridized carbons (Fsp3) is 0.222. The number of nitrogens with one attached hydrogen (secondary N) is 2. The van der Waals surface area contributed by atoms with Crippen molar-refractivity contribution in [2.24, 2.45) is 0 Å². The summed E-state index contributed by atoms with van der Waals surface area (Å²) in [6.07, 6.45) is 0.590. The summed E-state index contributed by atoms with van der Waals surface area (Å²) >= 11 is 0. The van der Waals surface area contributed by atoms with E-state index in [4.69, 9.17) is 5.11 Å². The zero-order valence-electron chi connectivity index (χ0n) is 13.2. The van der Waals surface area contributed by atoms with Crippen molar-refractivity contribution in [2.45, 2.75) is 20.3 Å². The number of amides is 2. The summed E-state index contributed by atoms with van der Waals surface area (Å²) in [5, 5.41) is 14.4. The van der Waals surface area contributed by atoms with Gasteiger partial charge in [0.25, 0.3) is 5.91 Å². The van der Waals surface area contributed by atoms with Crippen LogP contribution in [0.25, 0.3) is 0 Å². The van der Waals surface area contributed by atoms with Gasteiger partial charge in [-0.3, -0.25) is 9.59 Å². The van der Waals surface area contributed by atoms with Crippen LogP contribution >= 0.6 is 0 Å². The number of carbonyl (C=O) groups is 2. The Labute approximate surface area is 135 Å². The Hall–Kier alpha value is -2.66. The summed E-state index contributed by atoms with van der Waals surface area (Å²) in [5.74, 6) is -0.420. The van der Waals surface area contributed by atoms with Crippen molar-refractivity contribution in [1.82, 2.24) is 0 Å². The van der Waals surface area contributed by atoms with Gasteiger partial charge in [0.1, 0.15) is 0 Å². The number of carbonyl (C=O) groups excluding carboxylic acids is 2. The zero-order chi connectivity index (χ0) is 16.8. The van der Waals surface area contributed by atoms with Gasteiger partial charge in [0.05, 0.1) is 0 Å². The largest absolute Gasteiger partial charge is 0.396 e. The van der Waals surface area contributed by atoms with Crippen molar-refractivity contribution in [3.05, 3.63) is 59.2 Å². The molecule has 0 saturated carbocycles. The number of aliphatic hydroxyl groups is 1. The van der Waals surface area contributed by atoms with Crippen molar-refractivity contribution < 1.29 is 14.7 Å². The molecule has 0 aliphatic rings. The van der Waals surface area contributed by atoms with Crippen LogP contribution < -0.4 is 10.6 Å². The van der Waals surface area contributed by atoms with Gasteiger partial charge in [-0.15, -0.1) is 0 Å². The first kappa shape index (κ1) is 16.7. The third kappa shape index (κ3) is 4.66. The number of aryl methyl sites for hydroxylation is 1. The van der Waals surface area contributed by atoms with Gasteiger partial charge >= 0.3 is 0 Å². The smallest absolute Gasteiger partial charge is 0.255 e. The number of benzene rings is 2. The van der Waals surface area contributed by atoms with E-state index in [2.05, 4.69) is 10.6 Å². The molecule has 2 amide bonds. The second kappa shape index (κ2) is 7.56. The van der Waals surface area contributed by atoms with E-state index in [1.165, 1.54) is 6.92 Å². The summed E-state index contributed by atoms with van der Waals surface area (Å²) in [6, 6.07) is 12.5. The highest BCUT2D eigenvalue weighted by Crippen LogP contribution is 2.18. The maximum Gasteiger partial charge on any atom is 0.255 e. The van der Waals surface area contributed by atoms with Gasteiger partial charge in [0.15, 0.2) is 0 Å². The maximum atomic E-state index is 12.3. The quantitative estimate of drug-likeness (QED) is 0.794. The van der Waals surface area contributed by atoms with Gasteiger partial charge < -0.3 is 15.7 Å². The van der Waals surface area contributed by atoms with Crippen LogP contribution in [0.5, 0.6) is 0 Å². The molecule has 0 aliphatic heterocycles. The summed E-state index contributed by atoms with van der Waals surface area (Å²) in [4.78, 5) is 23.5. The number of anilines is 2. The highest BCUT2D eigenvalue weighted by molar-refractivity contribution is 6.05. The van der Waals surface area contributed by atoms with E-state index >= 15 is 0 Å². The number of hydrogen-bond acceptors (Lipinski definition) is 3. The lowest BCUT2D eigenvalue weighted by Gasteiger charge is -2.10. The molecule has 3 N–H and O–H groups in total. The van der Waals surface area contributed by atoms with Gasteiger partial charge in [0.2, 0.25) is 5.91 Å². The van der Waals surface area contributed by atoms with Crippen LogP contribution in [0.15, 0.2) is 42.5 Å². The molecule has 0 bridgehead atoms. The van der Waals surface area contributed by atoms with Gasteiger partial charge in [-0.25, -0.2) is 0 Å². The number of hydrogen-bond donors (Lipinski definition) is 3. The van der Waals surface area contributed by atoms with Crippen LogP contribution in [0.1, 0.15) is 28.4 Å². The van der Waals surface area contributed by atoms with Crippen molar-refractivity contribution in [3.63, 3.8) is 0 Å². The Morgan fingerprint density at radius 2 is 1.74 bits per heavy atom. The minimum atomic E-state index is -0.244. The standard InChI is InChI=1S/C18H20N2O3/c1-12-3-6-15(11-17(12)19-13(2)22)18(23)20-16-7-4-14(5-8-16)9-10-21/h3-8,11,21H,9-10H2,1-2H3,(H,19,22)(H,20,23). The first-order valence-corrected chi connectivity index (χ1v) is 7.39. The molecule has 2 aromatic carbocycles. The predicted octanol–water partition coefficient (Wildman–Crippen LogP) is 2.74. The van der Waals surface area contributed by atoms with Crippen molar-refractivity contribution in [1.29, 1.82) is 0 Å². The lowest BCUT2D eigenvalue weighted by Crippen LogP contribution is -2.13. The molecular weight excluding hydrogens is 292 g/mol. The summed E-state index contributed by atoms with van der Waals surface area (Å²) < 4.78 is 0. The predicted molar refractivity (Wildman–Crippen MR) is 90.7 cm³/mol. The van der Waals surface area contributed by atoms with Gasteiger partial charge in [-0.2, -0.15) is 0 Å². The normalized spacial score (nSPS) is 10.2. The minimum Gasteiger partial charge on any atom is -0.396 e. The molecular formula is C18H20N2O3. The molecule has 0 spiro atoms. The first-order chi connectivity index (χ1) is 11.0. The molecule has 0 unspecified atom stereocenters. The second-order valence-electron chi connectivity index (χ2n) is 5.34. The second-order valence-corrected chi connectivity index (χ2v) is 5.34. The van der Waals surface area contributed by atoms with Gasteiger partial charge in [-0.05, 0) is 48.7 Å².